The monoisotopic (exact) mass is 377 g/mol. The minimum Gasteiger partial charge on any atom is -0.443 e. The summed E-state index contributed by atoms with van der Waals surface area (Å²) < 4.78 is 30.3. The molecule has 3 aromatic rings. The molecule has 0 saturated heterocycles. The topological polar surface area (TPSA) is 101 Å². The molecule has 1 amide bonds. The number of anilines is 1. The van der Waals surface area contributed by atoms with Gasteiger partial charge in [-0.3, -0.25) is 9.52 Å². The number of benzene rings is 1. The molecular weight excluding hydrogens is 362 g/mol. The third-order valence-corrected chi connectivity index (χ3v) is 4.61. The molecule has 9 heteroatoms. The molecule has 2 aromatic heterocycles. The molecule has 0 aliphatic rings. The second kappa shape index (κ2) is 7.08. The Morgan fingerprint density at radius 2 is 2.12 bits per heavy atom. The maximum absolute atomic E-state index is 12.2. The fourth-order valence-electron chi connectivity index (χ4n) is 2.11. The number of amides is 1. The first-order valence-electron chi connectivity index (χ1n) is 7.25. The van der Waals surface area contributed by atoms with Crippen molar-refractivity contribution in [3.8, 4) is 10.8 Å². The first kappa shape index (κ1) is 17.2. The maximum atomic E-state index is 12.2. The summed E-state index contributed by atoms with van der Waals surface area (Å²) in [7, 11) is -3.40. The number of carbonyl (C=O) groups excluding carboxylic acids is 1. The second-order valence-corrected chi connectivity index (χ2v) is 7.96. The number of sulfonamides is 1. The van der Waals surface area contributed by atoms with E-state index in [1.54, 1.807) is 18.2 Å². The van der Waals surface area contributed by atoms with Crippen LogP contribution in [0, 0.1) is 0 Å². The highest BCUT2D eigenvalue weighted by molar-refractivity contribution is 7.92. The molecule has 0 unspecified atom stereocenters. The lowest BCUT2D eigenvalue weighted by Gasteiger charge is -2.07. The predicted octanol–water partition coefficient (Wildman–Crippen LogP) is 2.70. The summed E-state index contributed by atoms with van der Waals surface area (Å²) >= 11 is 1.52. The molecule has 0 saturated carbocycles. The fraction of sp³-hybridized carbons (Fsp3) is 0.125. The second-order valence-electron chi connectivity index (χ2n) is 5.26. The zero-order valence-electron chi connectivity index (χ0n) is 13.2. The smallest absolute Gasteiger partial charge is 0.251 e. The van der Waals surface area contributed by atoms with Crippen LogP contribution in [-0.4, -0.2) is 25.6 Å². The van der Waals surface area contributed by atoms with Gasteiger partial charge in [0.2, 0.25) is 15.9 Å². The van der Waals surface area contributed by atoms with Crippen LogP contribution in [0.15, 0.2) is 52.5 Å². The van der Waals surface area contributed by atoms with Crippen molar-refractivity contribution in [1.82, 2.24) is 10.3 Å². The lowest BCUT2D eigenvalue weighted by Crippen LogP contribution is -2.23. The van der Waals surface area contributed by atoms with Gasteiger partial charge in [-0.15, -0.1) is 11.3 Å². The summed E-state index contributed by atoms with van der Waals surface area (Å²) in [5, 5.41) is 4.66. The quantitative estimate of drug-likeness (QED) is 0.688. The first-order chi connectivity index (χ1) is 11.9. The fourth-order valence-corrected chi connectivity index (χ4v) is 3.32. The molecule has 0 aliphatic carbocycles. The van der Waals surface area contributed by atoms with Gasteiger partial charge in [0.25, 0.3) is 5.91 Å². The molecule has 7 nitrogen and oxygen atoms in total. The Morgan fingerprint density at radius 1 is 1.28 bits per heavy atom. The maximum Gasteiger partial charge on any atom is 0.251 e. The Bertz CT molecular complexity index is 978. The minimum atomic E-state index is -3.40. The number of aromatic nitrogens is 1. The van der Waals surface area contributed by atoms with E-state index in [2.05, 4.69) is 15.0 Å². The number of rotatable bonds is 6. The molecule has 130 valence electrons. The van der Waals surface area contributed by atoms with E-state index in [1.165, 1.54) is 23.7 Å². The number of carbonyl (C=O) groups is 1. The number of nitrogens with one attached hydrogen (secondary N) is 2. The van der Waals surface area contributed by atoms with Gasteiger partial charge in [-0.2, -0.15) is 0 Å². The van der Waals surface area contributed by atoms with E-state index >= 15 is 0 Å². The average molecular weight is 377 g/mol. The molecule has 0 aliphatic heterocycles. The standard InChI is InChI=1S/C16H15N3O4S2/c1-25(21,22)19-12-5-2-4-11(8-12)15(20)17-9-13-10-23-16(18-13)14-6-3-7-24-14/h2-8,10,19H,9H2,1H3,(H,17,20). The van der Waals surface area contributed by atoms with Crippen LogP contribution in [0.1, 0.15) is 16.1 Å². The first-order valence-corrected chi connectivity index (χ1v) is 10.0. The van der Waals surface area contributed by atoms with Crippen molar-refractivity contribution < 1.29 is 17.6 Å². The molecule has 3 rings (SSSR count). The zero-order valence-corrected chi connectivity index (χ0v) is 14.9. The molecule has 1 aromatic carbocycles. The van der Waals surface area contributed by atoms with Gasteiger partial charge in [0, 0.05) is 11.3 Å². The van der Waals surface area contributed by atoms with Crippen molar-refractivity contribution in [2.75, 3.05) is 11.0 Å². The Labute approximate surface area is 148 Å². The molecule has 2 heterocycles. The minimum absolute atomic E-state index is 0.206. The van der Waals surface area contributed by atoms with Crippen LogP contribution in [0.4, 0.5) is 5.69 Å². The Hall–Kier alpha value is -2.65. The van der Waals surface area contributed by atoms with Crippen molar-refractivity contribution >= 4 is 33.0 Å². The molecule has 0 fully saturated rings. The van der Waals surface area contributed by atoms with Crippen LogP contribution in [-0.2, 0) is 16.6 Å². The third kappa shape index (κ3) is 4.68. The van der Waals surface area contributed by atoms with Crippen LogP contribution in [0.3, 0.4) is 0 Å². The van der Waals surface area contributed by atoms with Gasteiger partial charge in [0.05, 0.1) is 23.4 Å². The van der Waals surface area contributed by atoms with Crippen LogP contribution in [0.25, 0.3) is 10.8 Å². The van der Waals surface area contributed by atoms with Crippen molar-refractivity contribution in [3.63, 3.8) is 0 Å². The summed E-state index contributed by atoms with van der Waals surface area (Å²) in [6.07, 6.45) is 2.55. The predicted molar refractivity (Wildman–Crippen MR) is 95.9 cm³/mol. The van der Waals surface area contributed by atoms with Crippen molar-refractivity contribution in [2.24, 2.45) is 0 Å². The van der Waals surface area contributed by atoms with E-state index in [-0.39, 0.29) is 12.5 Å². The van der Waals surface area contributed by atoms with Gasteiger partial charge < -0.3 is 9.73 Å². The van der Waals surface area contributed by atoms with Crippen molar-refractivity contribution in [1.29, 1.82) is 0 Å². The molecule has 25 heavy (non-hydrogen) atoms. The van der Waals surface area contributed by atoms with Crippen molar-refractivity contribution in [2.45, 2.75) is 6.54 Å². The van der Waals surface area contributed by atoms with Crippen LogP contribution >= 0.6 is 11.3 Å². The SMILES string of the molecule is CS(=O)(=O)Nc1cccc(C(=O)NCc2coc(-c3cccs3)n2)c1. The number of hydrogen-bond donors (Lipinski definition) is 2. The summed E-state index contributed by atoms with van der Waals surface area (Å²) in [6, 6.07) is 10.1. The van der Waals surface area contributed by atoms with Crippen LogP contribution in [0.5, 0.6) is 0 Å². The van der Waals surface area contributed by atoms with Gasteiger partial charge in [-0.05, 0) is 29.6 Å². The number of oxazole rings is 1. The van der Waals surface area contributed by atoms with Gasteiger partial charge >= 0.3 is 0 Å². The van der Waals surface area contributed by atoms with Gasteiger partial charge in [-0.1, -0.05) is 12.1 Å². The van der Waals surface area contributed by atoms with E-state index < -0.39 is 10.0 Å². The molecule has 0 radical (unpaired) electrons. The Kier molecular flexibility index (Phi) is 4.86. The lowest BCUT2D eigenvalue weighted by atomic mass is 10.2. The number of hydrogen-bond acceptors (Lipinski definition) is 6. The summed E-state index contributed by atoms with van der Waals surface area (Å²) in [5.41, 5.74) is 1.27. The molecule has 0 atom stereocenters. The van der Waals surface area contributed by atoms with Crippen LogP contribution in [0.2, 0.25) is 0 Å². The van der Waals surface area contributed by atoms with E-state index in [4.69, 9.17) is 4.42 Å². The molecular formula is C16H15N3O4S2. The molecule has 2 N–H and O–H groups in total. The third-order valence-electron chi connectivity index (χ3n) is 3.14. The molecule has 0 spiro atoms. The van der Waals surface area contributed by atoms with E-state index in [0.29, 0.717) is 22.8 Å². The van der Waals surface area contributed by atoms with Gasteiger partial charge in [0.1, 0.15) is 6.26 Å². The summed E-state index contributed by atoms with van der Waals surface area (Å²) in [6.45, 7) is 0.206. The Morgan fingerprint density at radius 3 is 2.84 bits per heavy atom. The van der Waals surface area contributed by atoms with E-state index in [1.807, 2.05) is 17.5 Å². The average Bonchev–Trinajstić information content (AvgIpc) is 3.22. The number of thiophene rings is 1. The van der Waals surface area contributed by atoms with Crippen LogP contribution < -0.4 is 10.0 Å². The van der Waals surface area contributed by atoms with Gasteiger partial charge in [-0.25, -0.2) is 13.4 Å². The largest absolute Gasteiger partial charge is 0.443 e. The van der Waals surface area contributed by atoms with Crippen molar-refractivity contribution in [3.05, 3.63) is 59.3 Å². The Balaban J connectivity index is 1.64. The number of nitrogens with zero attached hydrogens (tertiary/aromatic N) is 1. The summed E-state index contributed by atoms with van der Waals surface area (Å²) in [5.74, 6) is 0.177. The normalized spacial score (nSPS) is 11.2. The van der Waals surface area contributed by atoms with E-state index in [9.17, 15) is 13.2 Å². The van der Waals surface area contributed by atoms with Gasteiger partial charge in [0.15, 0.2) is 0 Å². The lowest BCUT2D eigenvalue weighted by molar-refractivity contribution is 0.0950. The molecule has 0 bridgehead atoms. The zero-order chi connectivity index (χ0) is 17.9. The highest BCUT2D eigenvalue weighted by Gasteiger charge is 2.11. The summed E-state index contributed by atoms with van der Waals surface area (Å²) in [4.78, 5) is 17.5. The van der Waals surface area contributed by atoms with E-state index in [0.717, 1.165) is 11.1 Å². The highest BCUT2D eigenvalue weighted by Crippen LogP contribution is 2.23. The highest BCUT2D eigenvalue weighted by atomic mass is 32.2.